The van der Waals surface area contributed by atoms with Crippen LogP contribution in [0, 0.1) is 0 Å². The Bertz CT molecular complexity index is 830. The lowest BCUT2D eigenvalue weighted by atomic mass is 10.0. The van der Waals surface area contributed by atoms with Crippen LogP contribution in [-0.4, -0.2) is 63.1 Å². The monoisotopic (exact) mass is 350 g/mol. The van der Waals surface area contributed by atoms with Gasteiger partial charge in [-0.2, -0.15) is 0 Å². The second kappa shape index (κ2) is 7.88. The van der Waals surface area contributed by atoms with Crippen LogP contribution in [0.2, 0.25) is 0 Å². The van der Waals surface area contributed by atoms with Gasteiger partial charge in [-0.25, -0.2) is 4.98 Å². The molecule has 2 heterocycles. The molecule has 2 aromatic heterocycles. The van der Waals surface area contributed by atoms with Crippen molar-refractivity contribution < 1.29 is 4.79 Å². The van der Waals surface area contributed by atoms with Gasteiger partial charge in [-0.1, -0.05) is 30.3 Å². The quantitative estimate of drug-likeness (QED) is 0.680. The van der Waals surface area contributed by atoms with Crippen molar-refractivity contribution in [3.8, 4) is 5.82 Å². The molecule has 134 valence electrons. The summed E-state index contributed by atoms with van der Waals surface area (Å²) in [5.41, 5.74) is 1.65. The average molecular weight is 350 g/mol. The number of nitrogens with zero attached hydrogens (tertiary/aromatic N) is 6. The number of carbonyl (C=O) groups is 1. The van der Waals surface area contributed by atoms with Crippen LogP contribution in [0.25, 0.3) is 5.82 Å². The van der Waals surface area contributed by atoms with Crippen molar-refractivity contribution in [3.63, 3.8) is 0 Å². The van der Waals surface area contributed by atoms with E-state index in [1.807, 2.05) is 51.5 Å². The molecule has 1 aromatic carbocycles. The fourth-order valence-electron chi connectivity index (χ4n) is 2.80. The molecular weight excluding hydrogens is 328 g/mol. The molecule has 0 radical (unpaired) electrons. The molecule has 3 rings (SSSR count). The standard InChI is InChI=1S/C19H22N6O/c1-23(2)12-17(15-7-5-4-6-8-15)24(3)19(26)16-9-10-18(20-11-16)25-13-21-22-14-25/h4-11,13-14,17H,12H2,1-3H3/t17-/m1/s1. The fraction of sp³-hybridized carbons (Fsp3) is 0.263. The van der Waals surface area contributed by atoms with E-state index < -0.39 is 0 Å². The maximum atomic E-state index is 13.0. The number of aromatic nitrogens is 4. The molecule has 0 aliphatic carbocycles. The van der Waals surface area contributed by atoms with Gasteiger partial charge in [-0.3, -0.25) is 9.36 Å². The van der Waals surface area contributed by atoms with Gasteiger partial charge in [0.25, 0.3) is 5.91 Å². The van der Waals surface area contributed by atoms with E-state index in [9.17, 15) is 4.79 Å². The fourth-order valence-corrected chi connectivity index (χ4v) is 2.80. The molecule has 3 aromatic rings. The van der Waals surface area contributed by atoms with E-state index >= 15 is 0 Å². The third kappa shape index (κ3) is 3.94. The summed E-state index contributed by atoms with van der Waals surface area (Å²) >= 11 is 0. The molecule has 26 heavy (non-hydrogen) atoms. The summed E-state index contributed by atoms with van der Waals surface area (Å²) in [6.07, 6.45) is 4.73. The van der Waals surface area contributed by atoms with Crippen LogP contribution in [0.4, 0.5) is 0 Å². The Hall–Kier alpha value is -3.06. The lowest BCUT2D eigenvalue weighted by Crippen LogP contribution is -2.37. The van der Waals surface area contributed by atoms with Gasteiger partial charge in [0, 0.05) is 19.8 Å². The van der Waals surface area contributed by atoms with Crippen LogP contribution >= 0.6 is 0 Å². The van der Waals surface area contributed by atoms with Crippen molar-refractivity contribution in [1.82, 2.24) is 29.5 Å². The minimum absolute atomic E-state index is 0.0452. The summed E-state index contributed by atoms with van der Waals surface area (Å²) < 4.78 is 1.69. The van der Waals surface area contributed by atoms with Gasteiger partial charge >= 0.3 is 0 Å². The predicted molar refractivity (Wildman–Crippen MR) is 99.0 cm³/mol. The van der Waals surface area contributed by atoms with Crippen molar-refractivity contribution in [2.75, 3.05) is 27.7 Å². The third-order valence-electron chi connectivity index (χ3n) is 4.19. The van der Waals surface area contributed by atoms with E-state index in [2.05, 4.69) is 20.1 Å². The molecule has 1 atom stereocenters. The topological polar surface area (TPSA) is 67.2 Å². The number of carbonyl (C=O) groups excluding carboxylic acids is 1. The third-order valence-corrected chi connectivity index (χ3v) is 4.19. The Labute approximate surface area is 152 Å². The first-order chi connectivity index (χ1) is 12.6. The predicted octanol–water partition coefficient (Wildman–Crippen LogP) is 2.04. The zero-order valence-corrected chi connectivity index (χ0v) is 15.1. The zero-order valence-electron chi connectivity index (χ0n) is 15.1. The second-order valence-electron chi connectivity index (χ2n) is 6.38. The van der Waals surface area contributed by atoms with E-state index in [1.54, 1.807) is 40.5 Å². The van der Waals surface area contributed by atoms with Gasteiger partial charge in [0.2, 0.25) is 0 Å². The Morgan fingerprint density at radius 2 is 1.73 bits per heavy atom. The zero-order chi connectivity index (χ0) is 18.5. The Kier molecular flexibility index (Phi) is 5.38. The van der Waals surface area contributed by atoms with Crippen molar-refractivity contribution in [2.45, 2.75) is 6.04 Å². The highest BCUT2D eigenvalue weighted by molar-refractivity contribution is 5.94. The number of benzene rings is 1. The highest BCUT2D eigenvalue weighted by Gasteiger charge is 2.23. The summed E-state index contributed by atoms with van der Waals surface area (Å²) in [6, 6.07) is 13.6. The lowest BCUT2D eigenvalue weighted by molar-refractivity contribution is 0.0705. The maximum Gasteiger partial charge on any atom is 0.255 e. The van der Waals surface area contributed by atoms with Crippen molar-refractivity contribution in [1.29, 1.82) is 0 Å². The number of amides is 1. The molecule has 0 spiro atoms. The highest BCUT2D eigenvalue weighted by Crippen LogP contribution is 2.22. The summed E-state index contributed by atoms with van der Waals surface area (Å²) in [6.45, 7) is 0.735. The summed E-state index contributed by atoms with van der Waals surface area (Å²) in [4.78, 5) is 21.2. The summed E-state index contributed by atoms with van der Waals surface area (Å²) in [5.74, 6) is 0.602. The van der Waals surface area contributed by atoms with Gasteiger partial charge in [0.05, 0.1) is 11.6 Å². The van der Waals surface area contributed by atoms with Crippen LogP contribution in [0.3, 0.4) is 0 Å². The molecule has 7 heteroatoms. The number of pyridine rings is 1. The van der Waals surface area contributed by atoms with Crippen LogP contribution < -0.4 is 0 Å². The summed E-state index contributed by atoms with van der Waals surface area (Å²) in [5, 5.41) is 7.52. The van der Waals surface area contributed by atoms with Crippen LogP contribution in [0.5, 0.6) is 0 Å². The first kappa shape index (κ1) is 17.8. The second-order valence-corrected chi connectivity index (χ2v) is 6.38. The van der Waals surface area contributed by atoms with Gasteiger partial charge < -0.3 is 9.80 Å². The maximum absolute atomic E-state index is 13.0. The molecule has 0 saturated carbocycles. The highest BCUT2D eigenvalue weighted by atomic mass is 16.2. The molecular formula is C19H22N6O. The van der Waals surface area contributed by atoms with E-state index in [-0.39, 0.29) is 11.9 Å². The van der Waals surface area contributed by atoms with Gasteiger partial charge in [-0.05, 0) is 31.8 Å². The van der Waals surface area contributed by atoms with E-state index in [0.29, 0.717) is 11.4 Å². The number of likely N-dealkylation sites (N-methyl/N-ethyl adjacent to an activating group) is 2. The van der Waals surface area contributed by atoms with Gasteiger partial charge in [0.1, 0.15) is 18.5 Å². The van der Waals surface area contributed by atoms with Crippen LogP contribution in [-0.2, 0) is 0 Å². The Balaban J connectivity index is 1.82. The molecule has 0 aliphatic rings. The first-order valence-corrected chi connectivity index (χ1v) is 8.34. The molecule has 0 aliphatic heterocycles. The largest absolute Gasteiger partial charge is 0.333 e. The minimum Gasteiger partial charge on any atom is -0.333 e. The summed E-state index contributed by atoms with van der Waals surface area (Å²) in [7, 11) is 5.84. The Morgan fingerprint density at radius 1 is 1.04 bits per heavy atom. The first-order valence-electron chi connectivity index (χ1n) is 8.34. The van der Waals surface area contributed by atoms with E-state index in [0.717, 1.165) is 12.1 Å². The molecule has 0 fully saturated rings. The van der Waals surface area contributed by atoms with Crippen molar-refractivity contribution in [2.24, 2.45) is 0 Å². The minimum atomic E-state index is -0.0662. The molecule has 0 saturated heterocycles. The molecule has 0 unspecified atom stereocenters. The smallest absolute Gasteiger partial charge is 0.255 e. The van der Waals surface area contributed by atoms with Crippen molar-refractivity contribution >= 4 is 5.91 Å². The normalized spacial score (nSPS) is 12.2. The van der Waals surface area contributed by atoms with Crippen LogP contribution in [0.1, 0.15) is 22.0 Å². The SMILES string of the molecule is CN(C)C[C@H](c1ccccc1)N(C)C(=O)c1ccc(-n2cnnc2)nc1. The molecule has 7 nitrogen and oxygen atoms in total. The molecule has 1 amide bonds. The Morgan fingerprint density at radius 3 is 2.31 bits per heavy atom. The van der Waals surface area contributed by atoms with Crippen molar-refractivity contribution in [3.05, 3.63) is 72.4 Å². The van der Waals surface area contributed by atoms with Crippen LogP contribution in [0.15, 0.2) is 61.3 Å². The molecule has 0 bridgehead atoms. The molecule has 0 N–H and O–H groups in total. The lowest BCUT2D eigenvalue weighted by Gasteiger charge is -2.31. The van der Waals surface area contributed by atoms with E-state index in [4.69, 9.17) is 0 Å². The average Bonchev–Trinajstić information content (AvgIpc) is 3.20. The van der Waals surface area contributed by atoms with Gasteiger partial charge in [0.15, 0.2) is 0 Å². The number of rotatable bonds is 6. The van der Waals surface area contributed by atoms with E-state index in [1.165, 1.54) is 0 Å². The van der Waals surface area contributed by atoms with Gasteiger partial charge in [-0.15, -0.1) is 10.2 Å². The number of hydrogen-bond acceptors (Lipinski definition) is 5. The number of hydrogen-bond donors (Lipinski definition) is 0.